The Morgan fingerprint density at radius 1 is 1.00 bits per heavy atom. The van der Waals surface area contributed by atoms with Crippen LogP contribution in [0.15, 0.2) is 47.1 Å². The van der Waals surface area contributed by atoms with Gasteiger partial charge in [-0.15, -0.1) is 0 Å². The SMILES string of the molecule is COc1ccc(Nc2cc(NCc3ccco3)nc(C)n2)cc1OC. The number of ether oxygens (including phenoxy) is 2. The molecule has 0 saturated heterocycles. The predicted octanol–water partition coefficient (Wildman–Crippen LogP) is 3.75. The molecule has 0 aliphatic rings. The fraction of sp³-hybridized carbons (Fsp3) is 0.222. The summed E-state index contributed by atoms with van der Waals surface area (Å²) >= 11 is 0. The lowest BCUT2D eigenvalue weighted by Crippen LogP contribution is -2.04. The number of nitrogens with zero attached hydrogens (tertiary/aromatic N) is 2. The van der Waals surface area contributed by atoms with E-state index in [1.807, 2.05) is 43.3 Å². The van der Waals surface area contributed by atoms with Crippen molar-refractivity contribution in [3.8, 4) is 11.5 Å². The average Bonchev–Trinajstić information content (AvgIpc) is 3.13. The van der Waals surface area contributed by atoms with Crippen molar-refractivity contribution < 1.29 is 13.9 Å². The first-order valence-electron chi connectivity index (χ1n) is 7.79. The van der Waals surface area contributed by atoms with Crippen LogP contribution in [0.5, 0.6) is 11.5 Å². The Morgan fingerprint density at radius 3 is 2.52 bits per heavy atom. The van der Waals surface area contributed by atoms with E-state index >= 15 is 0 Å². The first kappa shape index (κ1) is 16.6. The number of aromatic nitrogens is 2. The molecule has 0 amide bonds. The standard InChI is InChI=1S/C18H20N4O3/c1-12-20-17(19-11-14-5-4-8-25-14)10-18(21-12)22-13-6-7-15(23-2)16(9-13)24-3/h4-10H,11H2,1-3H3,(H2,19,20,21,22). The Kier molecular flexibility index (Phi) is 5.03. The molecule has 0 spiro atoms. The van der Waals surface area contributed by atoms with Gasteiger partial charge in [-0.05, 0) is 31.2 Å². The molecule has 0 radical (unpaired) electrons. The monoisotopic (exact) mass is 340 g/mol. The Labute approximate surface area is 146 Å². The van der Waals surface area contributed by atoms with Crippen LogP contribution in [0.25, 0.3) is 0 Å². The van der Waals surface area contributed by atoms with Gasteiger partial charge in [-0.3, -0.25) is 0 Å². The zero-order valence-corrected chi connectivity index (χ0v) is 14.4. The van der Waals surface area contributed by atoms with Gasteiger partial charge < -0.3 is 24.5 Å². The molecule has 2 aromatic heterocycles. The van der Waals surface area contributed by atoms with Gasteiger partial charge in [0.1, 0.15) is 23.2 Å². The third-order valence-electron chi connectivity index (χ3n) is 3.52. The zero-order valence-electron chi connectivity index (χ0n) is 14.4. The average molecular weight is 340 g/mol. The summed E-state index contributed by atoms with van der Waals surface area (Å²) in [7, 11) is 3.21. The van der Waals surface area contributed by atoms with Crippen molar-refractivity contribution in [2.75, 3.05) is 24.9 Å². The summed E-state index contributed by atoms with van der Waals surface area (Å²) in [6.07, 6.45) is 1.65. The highest BCUT2D eigenvalue weighted by Crippen LogP contribution is 2.31. The van der Waals surface area contributed by atoms with E-state index in [0.29, 0.717) is 35.5 Å². The number of rotatable bonds is 7. The molecule has 7 heteroatoms. The van der Waals surface area contributed by atoms with Crippen molar-refractivity contribution in [3.63, 3.8) is 0 Å². The van der Waals surface area contributed by atoms with Gasteiger partial charge in [0.2, 0.25) is 0 Å². The van der Waals surface area contributed by atoms with Gasteiger partial charge in [0.05, 0.1) is 27.0 Å². The number of furan rings is 1. The highest BCUT2D eigenvalue weighted by molar-refractivity contribution is 5.63. The maximum absolute atomic E-state index is 5.32. The summed E-state index contributed by atoms with van der Waals surface area (Å²) in [5, 5.41) is 6.48. The van der Waals surface area contributed by atoms with E-state index in [-0.39, 0.29) is 0 Å². The van der Waals surface area contributed by atoms with Gasteiger partial charge in [0.25, 0.3) is 0 Å². The first-order chi connectivity index (χ1) is 12.2. The highest BCUT2D eigenvalue weighted by Gasteiger charge is 2.07. The summed E-state index contributed by atoms with van der Waals surface area (Å²) in [6.45, 7) is 2.40. The molecule has 0 aliphatic heterocycles. The van der Waals surface area contributed by atoms with E-state index in [1.165, 1.54) is 0 Å². The number of hydrogen-bond donors (Lipinski definition) is 2. The fourth-order valence-corrected chi connectivity index (χ4v) is 2.37. The van der Waals surface area contributed by atoms with Gasteiger partial charge in [-0.25, -0.2) is 9.97 Å². The first-order valence-corrected chi connectivity index (χ1v) is 7.79. The van der Waals surface area contributed by atoms with Gasteiger partial charge >= 0.3 is 0 Å². The molecule has 0 aliphatic carbocycles. The molecule has 7 nitrogen and oxygen atoms in total. The molecule has 0 saturated carbocycles. The van der Waals surface area contributed by atoms with Crippen molar-refractivity contribution >= 4 is 17.3 Å². The van der Waals surface area contributed by atoms with Crippen LogP contribution in [0.4, 0.5) is 17.3 Å². The minimum atomic E-state index is 0.555. The van der Waals surface area contributed by atoms with Crippen LogP contribution in [0.3, 0.4) is 0 Å². The molecular formula is C18H20N4O3. The summed E-state index contributed by atoms with van der Waals surface area (Å²) in [6, 6.07) is 11.2. The molecular weight excluding hydrogens is 320 g/mol. The van der Waals surface area contributed by atoms with Crippen LogP contribution in [0.2, 0.25) is 0 Å². The minimum Gasteiger partial charge on any atom is -0.493 e. The van der Waals surface area contributed by atoms with E-state index in [4.69, 9.17) is 13.9 Å². The molecule has 3 aromatic rings. The molecule has 1 aromatic carbocycles. The van der Waals surface area contributed by atoms with Crippen molar-refractivity contribution in [3.05, 3.63) is 54.2 Å². The highest BCUT2D eigenvalue weighted by atomic mass is 16.5. The largest absolute Gasteiger partial charge is 0.493 e. The van der Waals surface area contributed by atoms with Crippen molar-refractivity contribution in [2.45, 2.75) is 13.5 Å². The second kappa shape index (κ2) is 7.57. The second-order valence-electron chi connectivity index (χ2n) is 5.31. The van der Waals surface area contributed by atoms with Crippen molar-refractivity contribution in [2.24, 2.45) is 0 Å². The van der Waals surface area contributed by atoms with Crippen LogP contribution >= 0.6 is 0 Å². The maximum Gasteiger partial charge on any atom is 0.162 e. The molecule has 0 bridgehead atoms. The van der Waals surface area contributed by atoms with Crippen LogP contribution in [-0.4, -0.2) is 24.2 Å². The number of methoxy groups -OCH3 is 2. The summed E-state index contributed by atoms with van der Waals surface area (Å²) in [4.78, 5) is 8.80. The van der Waals surface area contributed by atoms with Crippen LogP contribution in [0, 0.1) is 6.92 Å². The predicted molar refractivity (Wildman–Crippen MR) is 95.6 cm³/mol. The van der Waals surface area contributed by atoms with E-state index < -0.39 is 0 Å². The van der Waals surface area contributed by atoms with E-state index in [2.05, 4.69) is 20.6 Å². The number of benzene rings is 1. The second-order valence-corrected chi connectivity index (χ2v) is 5.31. The van der Waals surface area contributed by atoms with E-state index in [1.54, 1.807) is 20.5 Å². The van der Waals surface area contributed by atoms with E-state index in [9.17, 15) is 0 Å². The van der Waals surface area contributed by atoms with Crippen LogP contribution in [0.1, 0.15) is 11.6 Å². The molecule has 0 unspecified atom stereocenters. The lowest BCUT2D eigenvalue weighted by atomic mass is 10.2. The molecule has 0 atom stereocenters. The summed E-state index contributed by atoms with van der Waals surface area (Å²) in [5.74, 6) is 4.22. The third-order valence-corrected chi connectivity index (χ3v) is 3.52. The number of nitrogens with one attached hydrogen (secondary N) is 2. The molecule has 25 heavy (non-hydrogen) atoms. The van der Waals surface area contributed by atoms with Crippen LogP contribution < -0.4 is 20.1 Å². The van der Waals surface area contributed by atoms with Gasteiger partial charge in [-0.2, -0.15) is 0 Å². The molecule has 0 fully saturated rings. The Bertz CT molecular complexity index is 834. The smallest absolute Gasteiger partial charge is 0.162 e. The Morgan fingerprint density at radius 2 is 1.80 bits per heavy atom. The van der Waals surface area contributed by atoms with Crippen LogP contribution in [-0.2, 0) is 6.54 Å². The van der Waals surface area contributed by atoms with E-state index in [0.717, 1.165) is 11.4 Å². The fourth-order valence-electron chi connectivity index (χ4n) is 2.37. The molecule has 3 rings (SSSR count). The van der Waals surface area contributed by atoms with Crippen molar-refractivity contribution in [1.82, 2.24) is 9.97 Å². The van der Waals surface area contributed by atoms with Gasteiger partial charge in [0, 0.05) is 17.8 Å². The topological polar surface area (TPSA) is 81.4 Å². The molecule has 130 valence electrons. The maximum atomic E-state index is 5.32. The van der Waals surface area contributed by atoms with Crippen molar-refractivity contribution in [1.29, 1.82) is 0 Å². The summed E-state index contributed by atoms with van der Waals surface area (Å²) < 4.78 is 15.9. The Balaban J connectivity index is 1.76. The minimum absolute atomic E-state index is 0.555. The zero-order chi connectivity index (χ0) is 17.6. The molecule has 2 N–H and O–H groups in total. The number of aryl methyl sites for hydroxylation is 1. The lowest BCUT2D eigenvalue weighted by molar-refractivity contribution is 0.355. The number of anilines is 3. The number of hydrogen-bond acceptors (Lipinski definition) is 7. The summed E-state index contributed by atoms with van der Waals surface area (Å²) in [5.41, 5.74) is 0.840. The lowest BCUT2D eigenvalue weighted by Gasteiger charge is -2.12. The van der Waals surface area contributed by atoms with Gasteiger partial charge in [-0.1, -0.05) is 0 Å². The quantitative estimate of drug-likeness (QED) is 0.678. The molecule has 2 heterocycles. The normalized spacial score (nSPS) is 10.4. The van der Waals surface area contributed by atoms with Gasteiger partial charge in [0.15, 0.2) is 11.5 Å². The Hall–Kier alpha value is -3.22. The third kappa shape index (κ3) is 4.20.